The van der Waals surface area contributed by atoms with Crippen LogP contribution >= 0.6 is 11.8 Å². The lowest BCUT2D eigenvalue weighted by Crippen LogP contribution is -2.45. The molecular formula is C24H29N3O3S. The number of carbonyl (C=O) groups excluding carboxylic acids is 2. The number of aryl methyl sites for hydroxylation is 1. The number of carbonyl (C=O) groups is 2. The minimum Gasteiger partial charge on any atom is -0.507 e. The van der Waals surface area contributed by atoms with E-state index in [0.29, 0.717) is 25.1 Å². The van der Waals surface area contributed by atoms with Gasteiger partial charge in [-0.2, -0.15) is 0 Å². The summed E-state index contributed by atoms with van der Waals surface area (Å²) >= 11 is 1.66. The van der Waals surface area contributed by atoms with Gasteiger partial charge < -0.3 is 15.3 Å². The summed E-state index contributed by atoms with van der Waals surface area (Å²) < 4.78 is 0. The fraction of sp³-hybridized carbons (Fsp3) is 0.375. The Morgan fingerprint density at radius 1 is 1.23 bits per heavy atom. The minimum atomic E-state index is -0.514. The van der Waals surface area contributed by atoms with E-state index in [1.807, 2.05) is 24.6 Å². The summed E-state index contributed by atoms with van der Waals surface area (Å²) in [6.07, 6.45) is 1.39. The monoisotopic (exact) mass is 439 g/mol. The lowest BCUT2D eigenvalue weighted by Gasteiger charge is -2.25. The zero-order valence-corrected chi connectivity index (χ0v) is 18.8. The van der Waals surface area contributed by atoms with Crippen LogP contribution in [-0.4, -0.2) is 46.5 Å². The van der Waals surface area contributed by atoms with Crippen LogP contribution in [0.1, 0.15) is 46.8 Å². The van der Waals surface area contributed by atoms with Crippen molar-refractivity contribution in [2.45, 2.75) is 45.0 Å². The standard InChI is InChI=1S/C24H29N3O3S/c1-3-25-16-31-15-19-11-9-18(10-12-19)14-26-23(29)20-7-5-13-27(20)24(30)22-17(2)6-4-8-21(22)28/h4,6,8-12,16,20,28H,3,5,7,13-15H2,1-2H3,(H,26,29). The molecule has 0 bridgehead atoms. The second-order valence-corrected chi connectivity index (χ2v) is 8.41. The lowest BCUT2D eigenvalue weighted by molar-refractivity contribution is -0.125. The van der Waals surface area contributed by atoms with Crippen molar-refractivity contribution < 1.29 is 14.7 Å². The van der Waals surface area contributed by atoms with Gasteiger partial charge in [0.15, 0.2) is 0 Å². The van der Waals surface area contributed by atoms with Crippen molar-refractivity contribution in [2.75, 3.05) is 13.1 Å². The average molecular weight is 440 g/mol. The quantitative estimate of drug-likeness (QED) is 0.483. The second-order valence-electron chi connectivity index (χ2n) is 7.58. The highest BCUT2D eigenvalue weighted by molar-refractivity contribution is 8.11. The van der Waals surface area contributed by atoms with Gasteiger partial charge in [0.25, 0.3) is 5.91 Å². The smallest absolute Gasteiger partial charge is 0.258 e. The summed E-state index contributed by atoms with van der Waals surface area (Å²) in [6, 6.07) is 12.6. The zero-order chi connectivity index (χ0) is 22.2. The number of nitrogens with zero attached hydrogens (tertiary/aromatic N) is 2. The van der Waals surface area contributed by atoms with Crippen LogP contribution in [0.25, 0.3) is 0 Å². The molecule has 0 radical (unpaired) electrons. The molecule has 6 nitrogen and oxygen atoms in total. The van der Waals surface area contributed by atoms with Crippen LogP contribution in [0.2, 0.25) is 0 Å². The largest absolute Gasteiger partial charge is 0.507 e. The second kappa shape index (κ2) is 11.0. The molecule has 164 valence electrons. The molecule has 2 N–H and O–H groups in total. The predicted octanol–water partition coefficient (Wildman–Crippen LogP) is 3.90. The van der Waals surface area contributed by atoms with Crippen molar-refractivity contribution in [2.24, 2.45) is 4.99 Å². The van der Waals surface area contributed by atoms with Crippen LogP contribution in [-0.2, 0) is 17.1 Å². The van der Waals surface area contributed by atoms with Gasteiger partial charge >= 0.3 is 0 Å². The Labute approximate surface area is 187 Å². The summed E-state index contributed by atoms with van der Waals surface area (Å²) in [4.78, 5) is 31.6. The van der Waals surface area contributed by atoms with Crippen molar-refractivity contribution >= 4 is 29.1 Å². The number of amides is 2. The van der Waals surface area contributed by atoms with E-state index in [1.54, 1.807) is 35.7 Å². The SMILES string of the molecule is CCN=CSCc1ccc(CNC(=O)C2CCCN2C(=O)c2c(C)cccc2O)cc1. The fourth-order valence-electron chi connectivity index (χ4n) is 3.68. The van der Waals surface area contributed by atoms with Gasteiger partial charge in [-0.25, -0.2) is 0 Å². The first-order valence-electron chi connectivity index (χ1n) is 10.6. The third kappa shape index (κ3) is 5.88. The predicted molar refractivity (Wildman–Crippen MR) is 126 cm³/mol. The number of aliphatic imine (C=N–C) groups is 1. The Balaban J connectivity index is 1.57. The molecule has 1 atom stereocenters. The Bertz CT molecular complexity index is 923. The number of nitrogens with one attached hydrogen (secondary N) is 1. The third-order valence-electron chi connectivity index (χ3n) is 5.35. The van der Waals surface area contributed by atoms with Gasteiger partial charge in [-0.15, -0.1) is 11.8 Å². The van der Waals surface area contributed by atoms with E-state index in [-0.39, 0.29) is 23.1 Å². The third-order valence-corrected chi connectivity index (χ3v) is 6.15. The molecule has 1 aliphatic heterocycles. The van der Waals surface area contributed by atoms with Gasteiger partial charge in [0.1, 0.15) is 11.8 Å². The van der Waals surface area contributed by atoms with E-state index < -0.39 is 6.04 Å². The first-order chi connectivity index (χ1) is 15.0. The molecule has 0 aromatic heterocycles. The minimum absolute atomic E-state index is 0.0460. The van der Waals surface area contributed by atoms with Crippen molar-refractivity contribution in [3.8, 4) is 5.75 Å². The topological polar surface area (TPSA) is 82.0 Å². The molecule has 2 aromatic rings. The van der Waals surface area contributed by atoms with Crippen molar-refractivity contribution in [3.05, 3.63) is 64.7 Å². The number of hydrogen-bond acceptors (Lipinski definition) is 5. The molecule has 3 rings (SSSR count). The van der Waals surface area contributed by atoms with E-state index in [1.165, 1.54) is 11.6 Å². The summed E-state index contributed by atoms with van der Waals surface area (Å²) in [7, 11) is 0. The summed E-state index contributed by atoms with van der Waals surface area (Å²) in [5.41, 5.74) is 5.07. The number of rotatable bonds is 8. The molecular weight excluding hydrogens is 410 g/mol. The van der Waals surface area contributed by atoms with Crippen LogP contribution < -0.4 is 5.32 Å². The maximum atomic E-state index is 13.0. The number of thioether (sulfide) groups is 1. The molecule has 1 unspecified atom stereocenters. The summed E-state index contributed by atoms with van der Waals surface area (Å²) in [6.45, 7) is 5.52. The molecule has 1 heterocycles. The maximum absolute atomic E-state index is 13.0. The molecule has 1 saturated heterocycles. The summed E-state index contributed by atoms with van der Waals surface area (Å²) in [5.74, 6) is 0.368. The Kier molecular flexibility index (Phi) is 8.12. The van der Waals surface area contributed by atoms with E-state index in [2.05, 4.69) is 22.4 Å². The number of hydrogen-bond donors (Lipinski definition) is 2. The van der Waals surface area contributed by atoms with Crippen molar-refractivity contribution in [3.63, 3.8) is 0 Å². The van der Waals surface area contributed by atoms with Gasteiger partial charge in [-0.1, -0.05) is 36.4 Å². The maximum Gasteiger partial charge on any atom is 0.258 e. The van der Waals surface area contributed by atoms with E-state index in [9.17, 15) is 14.7 Å². The Morgan fingerprint density at radius 3 is 2.68 bits per heavy atom. The highest BCUT2D eigenvalue weighted by Gasteiger charge is 2.35. The highest BCUT2D eigenvalue weighted by Crippen LogP contribution is 2.27. The molecule has 2 amide bonds. The molecule has 7 heteroatoms. The molecule has 2 aromatic carbocycles. The Hall–Kier alpha value is -2.80. The van der Waals surface area contributed by atoms with Crippen molar-refractivity contribution in [1.82, 2.24) is 10.2 Å². The van der Waals surface area contributed by atoms with E-state index in [0.717, 1.165) is 24.3 Å². The number of aromatic hydroxyl groups is 1. The molecule has 1 fully saturated rings. The van der Waals surface area contributed by atoms with Gasteiger partial charge in [0.05, 0.1) is 11.1 Å². The number of likely N-dealkylation sites (tertiary alicyclic amines) is 1. The van der Waals surface area contributed by atoms with Crippen LogP contribution in [0.5, 0.6) is 5.75 Å². The normalized spacial score (nSPS) is 16.1. The molecule has 0 saturated carbocycles. The van der Waals surface area contributed by atoms with E-state index in [4.69, 9.17) is 0 Å². The van der Waals surface area contributed by atoms with Gasteiger partial charge in [0, 0.05) is 25.4 Å². The van der Waals surface area contributed by atoms with Crippen LogP contribution in [0, 0.1) is 6.92 Å². The van der Waals surface area contributed by atoms with Crippen LogP contribution in [0.4, 0.5) is 0 Å². The summed E-state index contributed by atoms with van der Waals surface area (Å²) in [5, 5.41) is 13.1. The number of phenols is 1. The zero-order valence-electron chi connectivity index (χ0n) is 18.0. The molecule has 0 aliphatic carbocycles. The highest BCUT2D eigenvalue weighted by atomic mass is 32.2. The molecule has 31 heavy (non-hydrogen) atoms. The van der Waals surface area contributed by atoms with Gasteiger partial charge in [-0.05, 0) is 49.4 Å². The van der Waals surface area contributed by atoms with Gasteiger partial charge in [-0.3, -0.25) is 14.6 Å². The van der Waals surface area contributed by atoms with E-state index >= 15 is 0 Å². The first-order valence-corrected chi connectivity index (χ1v) is 11.6. The van der Waals surface area contributed by atoms with Crippen LogP contribution in [0.3, 0.4) is 0 Å². The molecule has 0 spiro atoms. The lowest BCUT2D eigenvalue weighted by atomic mass is 10.1. The number of benzene rings is 2. The fourth-order valence-corrected chi connectivity index (χ4v) is 4.39. The Morgan fingerprint density at radius 2 is 1.97 bits per heavy atom. The first kappa shape index (κ1) is 22.9. The van der Waals surface area contributed by atoms with Crippen molar-refractivity contribution in [1.29, 1.82) is 0 Å². The van der Waals surface area contributed by atoms with Crippen LogP contribution in [0.15, 0.2) is 47.5 Å². The number of phenolic OH excluding ortho intramolecular Hbond substituents is 1. The van der Waals surface area contributed by atoms with Gasteiger partial charge in [0.2, 0.25) is 5.91 Å². The molecule has 1 aliphatic rings. The average Bonchev–Trinajstić information content (AvgIpc) is 3.26.